The molecule has 1 aromatic carbocycles. The van der Waals surface area contributed by atoms with Gasteiger partial charge < -0.3 is 15.0 Å². The molecule has 2 amide bonds. The monoisotopic (exact) mass is 414 g/mol. The third-order valence-electron chi connectivity index (χ3n) is 3.28. The summed E-state index contributed by atoms with van der Waals surface area (Å²) in [6.45, 7) is -0.381. The first kappa shape index (κ1) is 18.8. The molecule has 0 aromatic heterocycles. The molecule has 1 N–H and O–H groups in total. The van der Waals surface area contributed by atoms with Gasteiger partial charge in [0.25, 0.3) is 5.91 Å². The Balaban J connectivity index is 1.63. The van der Waals surface area contributed by atoms with Gasteiger partial charge in [-0.2, -0.15) is 0 Å². The van der Waals surface area contributed by atoms with E-state index >= 15 is 0 Å². The van der Waals surface area contributed by atoms with Crippen LogP contribution in [0.4, 0.5) is 0 Å². The van der Waals surface area contributed by atoms with Crippen molar-refractivity contribution >= 4 is 45.5 Å². The fraction of sp³-hybridized carbons (Fsp3) is 0.438. The molecule has 0 unspecified atom stereocenters. The van der Waals surface area contributed by atoms with E-state index in [1.165, 1.54) is 23.7 Å². The SMILES string of the molecule is CN(CC(=O)NC1CC1)C(=O)COC(=O)CSc1ccc(Br)cc1. The molecule has 2 rings (SSSR count). The van der Waals surface area contributed by atoms with E-state index in [0.717, 1.165) is 22.2 Å². The summed E-state index contributed by atoms with van der Waals surface area (Å²) in [5.74, 6) is -0.929. The highest BCUT2D eigenvalue weighted by Gasteiger charge is 2.24. The molecule has 0 atom stereocenters. The summed E-state index contributed by atoms with van der Waals surface area (Å²) in [5, 5.41) is 2.80. The smallest absolute Gasteiger partial charge is 0.316 e. The first-order chi connectivity index (χ1) is 11.4. The lowest BCUT2D eigenvalue weighted by Gasteiger charge is -2.16. The second-order valence-electron chi connectivity index (χ2n) is 5.49. The van der Waals surface area contributed by atoms with Crippen molar-refractivity contribution in [1.29, 1.82) is 0 Å². The Labute approximate surface area is 153 Å². The van der Waals surface area contributed by atoms with Crippen molar-refractivity contribution < 1.29 is 19.1 Å². The van der Waals surface area contributed by atoms with Gasteiger partial charge in [-0.1, -0.05) is 15.9 Å². The van der Waals surface area contributed by atoms with Gasteiger partial charge in [-0.05, 0) is 37.1 Å². The maximum absolute atomic E-state index is 11.9. The molecule has 0 aliphatic heterocycles. The molecule has 1 aromatic rings. The highest BCUT2D eigenvalue weighted by atomic mass is 79.9. The van der Waals surface area contributed by atoms with E-state index in [1.54, 1.807) is 0 Å². The van der Waals surface area contributed by atoms with Crippen molar-refractivity contribution in [3.8, 4) is 0 Å². The zero-order valence-corrected chi connectivity index (χ0v) is 15.7. The molecule has 1 fully saturated rings. The van der Waals surface area contributed by atoms with Gasteiger partial charge in [-0.25, -0.2) is 0 Å². The topological polar surface area (TPSA) is 75.7 Å². The van der Waals surface area contributed by atoms with Gasteiger partial charge in [0.2, 0.25) is 5.91 Å². The van der Waals surface area contributed by atoms with E-state index in [9.17, 15) is 14.4 Å². The minimum atomic E-state index is -0.466. The van der Waals surface area contributed by atoms with E-state index in [0.29, 0.717) is 0 Å². The number of rotatable bonds is 8. The largest absolute Gasteiger partial charge is 0.455 e. The third-order valence-corrected chi connectivity index (χ3v) is 4.79. The lowest BCUT2D eigenvalue weighted by atomic mass is 10.4. The van der Waals surface area contributed by atoms with Crippen molar-refractivity contribution in [2.24, 2.45) is 0 Å². The number of carbonyl (C=O) groups is 3. The fourth-order valence-corrected chi connectivity index (χ4v) is 2.73. The lowest BCUT2D eigenvalue weighted by molar-refractivity contribution is -0.149. The van der Waals surface area contributed by atoms with Crippen LogP contribution in [0.15, 0.2) is 33.6 Å². The average molecular weight is 415 g/mol. The Morgan fingerprint density at radius 2 is 1.96 bits per heavy atom. The Bertz CT molecular complexity index is 605. The zero-order valence-electron chi connectivity index (χ0n) is 13.3. The maximum atomic E-state index is 11.9. The van der Waals surface area contributed by atoms with Crippen LogP contribution in [-0.2, 0) is 19.1 Å². The molecule has 1 aliphatic rings. The molecule has 0 saturated heterocycles. The molecular weight excluding hydrogens is 396 g/mol. The number of esters is 1. The normalized spacial score (nSPS) is 13.2. The predicted molar refractivity (Wildman–Crippen MR) is 94.6 cm³/mol. The lowest BCUT2D eigenvalue weighted by Crippen LogP contribution is -2.40. The Morgan fingerprint density at radius 3 is 2.58 bits per heavy atom. The number of ether oxygens (including phenoxy) is 1. The van der Waals surface area contributed by atoms with E-state index in [-0.39, 0.29) is 30.9 Å². The summed E-state index contributed by atoms with van der Waals surface area (Å²) in [6.07, 6.45) is 1.99. The standard InChI is InChI=1S/C16H19BrN2O4S/c1-19(8-14(20)18-12-4-5-12)15(21)9-23-16(22)10-24-13-6-2-11(17)3-7-13/h2-3,6-7,12H,4-5,8-10H2,1H3,(H,18,20). The van der Waals surface area contributed by atoms with Crippen LogP contribution in [0, 0.1) is 0 Å². The number of hydrogen-bond donors (Lipinski definition) is 1. The first-order valence-corrected chi connectivity index (χ1v) is 9.29. The fourth-order valence-electron chi connectivity index (χ4n) is 1.77. The summed E-state index contributed by atoms with van der Waals surface area (Å²) < 4.78 is 5.92. The highest BCUT2D eigenvalue weighted by molar-refractivity contribution is 9.10. The third kappa shape index (κ3) is 6.92. The van der Waals surface area contributed by atoms with Crippen LogP contribution in [0.3, 0.4) is 0 Å². The molecule has 6 nitrogen and oxygen atoms in total. The average Bonchev–Trinajstić information content (AvgIpc) is 3.35. The number of nitrogens with zero attached hydrogens (tertiary/aromatic N) is 1. The Hall–Kier alpha value is -1.54. The maximum Gasteiger partial charge on any atom is 0.316 e. The van der Waals surface area contributed by atoms with E-state index in [2.05, 4.69) is 21.2 Å². The van der Waals surface area contributed by atoms with Gasteiger partial charge in [0.1, 0.15) is 0 Å². The number of likely N-dealkylation sites (N-methyl/N-ethyl adjacent to an activating group) is 1. The summed E-state index contributed by atoms with van der Waals surface area (Å²) >= 11 is 4.68. The van der Waals surface area contributed by atoms with Crippen LogP contribution in [0.1, 0.15) is 12.8 Å². The second kappa shape index (κ2) is 9.08. The van der Waals surface area contributed by atoms with Crippen molar-refractivity contribution in [2.45, 2.75) is 23.8 Å². The van der Waals surface area contributed by atoms with Gasteiger partial charge >= 0.3 is 5.97 Å². The van der Waals surface area contributed by atoms with E-state index < -0.39 is 11.9 Å². The summed E-state index contributed by atoms with van der Waals surface area (Å²) in [7, 11) is 1.51. The van der Waals surface area contributed by atoms with Crippen molar-refractivity contribution in [2.75, 3.05) is 26.0 Å². The van der Waals surface area contributed by atoms with Crippen molar-refractivity contribution in [3.63, 3.8) is 0 Å². The number of nitrogens with one attached hydrogen (secondary N) is 1. The predicted octanol–water partition coefficient (Wildman–Crippen LogP) is 1.82. The summed E-state index contributed by atoms with van der Waals surface area (Å²) in [5.41, 5.74) is 0. The van der Waals surface area contributed by atoms with Crippen LogP contribution in [-0.4, -0.2) is 54.7 Å². The molecule has 130 valence electrons. The highest BCUT2D eigenvalue weighted by Crippen LogP contribution is 2.20. The van der Waals surface area contributed by atoms with Crippen LogP contribution < -0.4 is 5.32 Å². The first-order valence-electron chi connectivity index (χ1n) is 7.51. The van der Waals surface area contributed by atoms with Crippen LogP contribution >= 0.6 is 27.7 Å². The number of hydrogen-bond acceptors (Lipinski definition) is 5. The zero-order chi connectivity index (χ0) is 17.5. The minimum Gasteiger partial charge on any atom is -0.455 e. The molecule has 1 saturated carbocycles. The molecule has 8 heteroatoms. The molecule has 0 bridgehead atoms. The molecule has 0 heterocycles. The van der Waals surface area contributed by atoms with Gasteiger partial charge in [0, 0.05) is 22.5 Å². The van der Waals surface area contributed by atoms with Crippen molar-refractivity contribution in [3.05, 3.63) is 28.7 Å². The van der Waals surface area contributed by atoms with E-state index in [4.69, 9.17) is 4.74 Å². The summed E-state index contributed by atoms with van der Waals surface area (Å²) in [6, 6.07) is 7.81. The number of benzene rings is 1. The number of thioether (sulfide) groups is 1. The second-order valence-corrected chi connectivity index (χ2v) is 7.46. The van der Waals surface area contributed by atoms with E-state index in [1.807, 2.05) is 24.3 Å². The molecule has 24 heavy (non-hydrogen) atoms. The van der Waals surface area contributed by atoms with Gasteiger partial charge in [0.15, 0.2) is 6.61 Å². The number of halogens is 1. The summed E-state index contributed by atoms with van der Waals surface area (Å²) in [4.78, 5) is 37.3. The molecule has 0 spiro atoms. The van der Waals surface area contributed by atoms with Gasteiger partial charge in [-0.3, -0.25) is 14.4 Å². The number of amides is 2. The van der Waals surface area contributed by atoms with Crippen LogP contribution in [0.5, 0.6) is 0 Å². The molecule has 1 aliphatic carbocycles. The molecular formula is C16H19BrN2O4S. The van der Waals surface area contributed by atoms with Gasteiger partial charge in [-0.15, -0.1) is 11.8 Å². The number of carbonyl (C=O) groups excluding carboxylic acids is 3. The Kier molecular flexibility index (Phi) is 7.11. The van der Waals surface area contributed by atoms with Crippen LogP contribution in [0.2, 0.25) is 0 Å². The van der Waals surface area contributed by atoms with Crippen molar-refractivity contribution in [1.82, 2.24) is 10.2 Å². The Morgan fingerprint density at radius 1 is 1.29 bits per heavy atom. The van der Waals surface area contributed by atoms with Gasteiger partial charge in [0.05, 0.1) is 12.3 Å². The minimum absolute atomic E-state index is 0.0273. The van der Waals surface area contributed by atoms with Crippen LogP contribution in [0.25, 0.3) is 0 Å². The molecule has 0 radical (unpaired) electrons. The quantitative estimate of drug-likeness (QED) is 0.518.